The van der Waals surface area contributed by atoms with E-state index in [1.165, 1.54) is 28.6 Å². The zero-order chi connectivity index (χ0) is 20.3. The molecule has 148 valence electrons. The third kappa shape index (κ3) is 4.32. The summed E-state index contributed by atoms with van der Waals surface area (Å²) in [4.78, 5) is 12.4. The standard InChI is InChI=1S/C16H15F2N5O3S2/c17-13(18)15-21-22-16(27-15)20-14(24)11-5-7-23(8-6-11)28(25,26)12-3-1-10(9-19)2-4-12/h1-4,11,13H,5-8H2,(H,20,22,24). The molecule has 1 saturated heterocycles. The molecule has 1 N–H and O–H groups in total. The summed E-state index contributed by atoms with van der Waals surface area (Å²) in [5.41, 5.74) is 0.362. The molecule has 0 bridgehead atoms. The highest BCUT2D eigenvalue weighted by Gasteiger charge is 2.32. The summed E-state index contributed by atoms with van der Waals surface area (Å²) in [6, 6.07) is 7.55. The van der Waals surface area contributed by atoms with Gasteiger partial charge in [0.25, 0.3) is 6.43 Å². The summed E-state index contributed by atoms with van der Waals surface area (Å²) in [6.45, 7) is 0.303. The van der Waals surface area contributed by atoms with Crippen LogP contribution >= 0.6 is 11.3 Å². The Bertz CT molecular complexity index is 994. The summed E-state index contributed by atoms with van der Waals surface area (Å²) >= 11 is 0.605. The molecule has 0 spiro atoms. The monoisotopic (exact) mass is 427 g/mol. The number of amides is 1. The Morgan fingerprint density at radius 1 is 1.25 bits per heavy atom. The lowest BCUT2D eigenvalue weighted by Crippen LogP contribution is -2.41. The molecule has 8 nitrogen and oxygen atoms in total. The summed E-state index contributed by atoms with van der Waals surface area (Å²) in [5, 5.41) is 17.6. The number of carbonyl (C=O) groups excluding carboxylic acids is 1. The van der Waals surface area contributed by atoms with Crippen molar-refractivity contribution in [1.82, 2.24) is 14.5 Å². The Labute approximate surface area is 163 Å². The molecule has 2 heterocycles. The van der Waals surface area contributed by atoms with Gasteiger partial charge in [0.1, 0.15) is 0 Å². The van der Waals surface area contributed by atoms with Crippen LogP contribution < -0.4 is 5.32 Å². The molecule has 12 heteroatoms. The Balaban J connectivity index is 1.59. The summed E-state index contributed by atoms with van der Waals surface area (Å²) < 4.78 is 51.7. The highest BCUT2D eigenvalue weighted by Crippen LogP contribution is 2.28. The Hall–Kier alpha value is -2.49. The number of alkyl halides is 2. The molecule has 28 heavy (non-hydrogen) atoms. The fourth-order valence-electron chi connectivity index (χ4n) is 2.79. The van der Waals surface area contributed by atoms with Gasteiger partial charge in [-0.2, -0.15) is 9.57 Å². The largest absolute Gasteiger partial charge is 0.300 e. The maximum Gasteiger partial charge on any atom is 0.291 e. The van der Waals surface area contributed by atoms with Crippen molar-refractivity contribution in [2.24, 2.45) is 5.92 Å². The number of nitriles is 1. The third-order valence-electron chi connectivity index (χ3n) is 4.30. The molecule has 1 aliphatic rings. The number of halogens is 2. The fourth-order valence-corrected chi connectivity index (χ4v) is 4.86. The first-order valence-corrected chi connectivity index (χ1v) is 10.5. The van der Waals surface area contributed by atoms with E-state index in [0.29, 0.717) is 29.7 Å². The van der Waals surface area contributed by atoms with Crippen molar-refractivity contribution in [3.63, 3.8) is 0 Å². The number of piperidine rings is 1. The van der Waals surface area contributed by atoms with Crippen molar-refractivity contribution in [1.29, 1.82) is 5.26 Å². The van der Waals surface area contributed by atoms with Crippen molar-refractivity contribution >= 4 is 32.4 Å². The van der Waals surface area contributed by atoms with Crippen molar-refractivity contribution in [3.05, 3.63) is 34.8 Å². The van der Waals surface area contributed by atoms with E-state index in [2.05, 4.69) is 15.5 Å². The minimum Gasteiger partial charge on any atom is -0.300 e. The number of anilines is 1. The molecular formula is C16H15F2N5O3S2. The van der Waals surface area contributed by atoms with Crippen molar-refractivity contribution in [2.45, 2.75) is 24.2 Å². The lowest BCUT2D eigenvalue weighted by molar-refractivity contribution is -0.120. The van der Waals surface area contributed by atoms with Crippen LogP contribution in [0.15, 0.2) is 29.2 Å². The molecule has 0 saturated carbocycles. The van der Waals surface area contributed by atoms with Crippen LogP contribution in [0.2, 0.25) is 0 Å². The molecule has 0 radical (unpaired) electrons. The number of rotatable bonds is 5. The summed E-state index contributed by atoms with van der Waals surface area (Å²) in [7, 11) is -3.71. The van der Waals surface area contributed by atoms with Gasteiger partial charge in [0, 0.05) is 19.0 Å². The van der Waals surface area contributed by atoms with Crippen LogP contribution in [-0.2, 0) is 14.8 Å². The average Bonchev–Trinajstić information content (AvgIpc) is 3.17. The quantitative estimate of drug-likeness (QED) is 0.783. The van der Waals surface area contributed by atoms with Crippen LogP contribution in [0.4, 0.5) is 13.9 Å². The number of nitrogens with one attached hydrogen (secondary N) is 1. The van der Waals surface area contributed by atoms with Crippen LogP contribution in [0.25, 0.3) is 0 Å². The van der Waals surface area contributed by atoms with Gasteiger partial charge in [-0.05, 0) is 37.1 Å². The molecule has 1 aromatic carbocycles. The first-order chi connectivity index (χ1) is 13.3. The lowest BCUT2D eigenvalue weighted by atomic mass is 9.97. The van der Waals surface area contributed by atoms with E-state index < -0.39 is 33.3 Å². The molecule has 0 aliphatic carbocycles. The molecule has 2 aromatic rings. The van der Waals surface area contributed by atoms with Gasteiger partial charge in [-0.25, -0.2) is 17.2 Å². The Kier molecular flexibility index (Phi) is 5.97. The number of benzene rings is 1. The Morgan fingerprint density at radius 2 is 1.89 bits per heavy atom. The number of carbonyl (C=O) groups is 1. The summed E-state index contributed by atoms with van der Waals surface area (Å²) in [6.07, 6.45) is -2.16. The molecular weight excluding hydrogens is 412 g/mol. The van der Waals surface area contributed by atoms with Gasteiger partial charge in [0.2, 0.25) is 21.1 Å². The first-order valence-electron chi connectivity index (χ1n) is 8.24. The predicted octanol–water partition coefficient (Wildman–Crippen LogP) is 2.39. The second-order valence-corrected chi connectivity index (χ2v) is 9.00. The highest BCUT2D eigenvalue weighted by atomic mass is 32.2. The second kappa shape index (κ2) is 8.26. The number of nitrogens with zero attached hydrogens (tertiary/aromatic N) is 4. The van der Waals surface area contributed by atoms with E-state index in [9.17, 15) is 22.0 Å². The zero-order valence-corrected chi connectivity index (χ0v) is 16.0. The first kappa shape index (κ1) is 20.2. The molecule has 1 amide bonds. The van der Waals surface area contributed by atoms with Gasteiger partial charge in [0.15, 0.2) is 5.01 Å². The number of aromatic nitrogens is 2. The van der Waals surface area contributed by atoms with Crippen LogP contribution in [0.3, 0.4) is 0 Å². The van der Waals surface area contributed by atoms with Gasteiger partial charge in [-0.3, -0.25) is 4.79 Å². The Morgan fingerprint density at radius 3 is 2.43 bits per heavy atom. The maximum absolute atomic E-state index is 12.7. The highest BCUT2D eigenvalue weighted by molar-refractivity contribution is 7.89. The minimum atomic E-state index is -3.71. The van der Waals surface area contributed by atoms with Crippen molar-refractivity contribution in [2.75, 3.05) is 18.4 Å². The molecule has 1 fully saturated rings. The molecule has 3 rings (SSSR count). The molecule has 0 atom stereocenters. The maximum atomic E-state index is 12.7. The second-order valence-electron chi connectivity index (χ2n) is 6.05. The predicted molar refractivity (Wildman–Crippen MR) is 96.1 cm³/mol. The number of sulfonamides is 1. The smallest absolute Gasteiger partial charge is 0.291 e. The lowest BCUT2D eigenvalue weighted by Gasteiger charge is -2.30. The SMILES string of the molecule is N#Cc1ccc(S(=O)(=O)N2CCC(C(=O)Nc3nnc(C(F)F)s3)CC2)cc1. The summed E-state index contributed by atoms with van der Waals surface area (Å²) in [5.74, 6) is -0.848. The van der Waals surface area contributed by atoms with Gasteiger partial charge < -0.3 is 5.32 Å². The van der Waals surface area contributed by atoms with E-state index >= 15 is 0 Å². The zero-order valence-electron chi connectivity index (χ0n) is 14.4. The topological polar surface area (TPSA) is 116 Å². The number of hydrogen-bond acceptors (Lipinski definition) is 7. The molecule has 1 aromatic heterocycles. The molecule has 1 aliphatic heterocycles. The fraction of sp³-hybridized carbons (Fsp3) is 0.375. The van der Waals surface area contributed by atoms with E-state index in [-0.39, 0.29) is 23.1 Å². The van der Waals surface area contributed by atoms with E-state index in [4.69, 9.17) is 5.26 Å². The average molecular weight is 427 g/mol. The van der Waals surface area contributed by atoms with Crippen molar-refractivity contribution in [3.8, 4) is 6.07 Å². The van der Waals surface area contributed by atoms with Gasteiger partial charge in [-0.15, -0.1) is 10.2 Å². The molecule has 0 unspecified atom stereocenters. The normalized spacial score (nSPS) is 16.1. The number of hydrogen-bond donors (Lipinski definition) is 1. The van der Waals surface area contributed by atoms with Crippen LogP contribution in [-0.4, -0.2) is 41.9 Å². The van der Waals surface area contributed by atoms with Gasteiger partial charge >= 0.3 is 0 Å². The van der Waals surface area contributed by atoms with Crippen LogP contribution in [0.1, 0.15) is 29.8 Å². The van der Waals surface area contributed by atoms with E-state index in [1.807, 2.05) is 6.07 Å². The van der Waals surface area contributed by atoms with E-state index in [0.717, 1.165) is 0 Å². The van der Waals surface area contributed by atoms with Crippen LogP contribution in [0.5, 0.6) is 0 Å². The minimum absolute atomic E-state index is 0.00654. The third-order valence-corrected chi connectivity index (χ3v) is 7.06. The van der Waals surface area contributed by atoms with Gasteiger partial charge in [-0.1, -0.05) is 11.3 Å². The van der Waals surface area contributed by atoms with Gasteiger partial charge in [0.05, 0.1) is 16.5 Å². The van der Waals surface area contributed by atoms with Crippen molar-refractivity contribution < 1.29 is 22.0 Å². The van der Waals surface area contributed by atoms with Crippen LogP contribution in [0, 0.1) is 17.2 Å². The van der Waals surface area contributed by atoms with E-state index in [1.54, 1.807) is 0 Å².